The maximum absolute atomic E-state index is 10.6. The molecule has 686 valence electrons. The lowest BCUT2D eigenvalue weighted by Crippen LogP contribution is -2.21. The van der Waals surface area contributed by atoms with E-state index in [2.05, 4.69) is 360 Å². The molecule has 0 aliphatic carbocycles. The Morgan fingerprint density at radius 2 is 0.507 bits per heavy atom. The van der Waals surface area contributed by atoms with Crippen LogP contribution in [-0.4, -0.2) is 153 Å². The number of rotatable bonds is 8. The van der Waals surface area contributed by atoms with Gasteiger partial charge in [-0.1, -0.05) is 248 Å². The molecular weight excluding hydrogens is 1810 g/mol. The predicted molar refractivity (Wildman–Crippen MR) is 559 cm³/mol. The first kappa shape index (κ1) is 103. The Morgan fingerprint density at radius 3 is 0.667 bits per heavy atom. The molecule has 34 heteroatoms. The number of hydrogen-bond acceptors (Lipinski definition) is 14. The summed E-state index contributed by atoms with van der Waals surface area (Å²) in [5.41, 5.74) is 31.1. The molecule has 0 saturated carbocycles. The molecule has 0 saturated heterocycles. The van der Waals surface area contributed by atoms with Crippen LogP contribution in [0, 0.1) is 45.5 Å². The fourth-order valence-corrected chi connectivity index (χ4v) is 15.9. The molecule has 10 aromatic carbocycles. The van der Waals surface area contributed by atoms with Gasteiger partial charge in [-0.25, -0.2) is 49.5 Å². The van der Waals surface area contributed by atoms with Crippen LogP contribution < -0.4 is 21.3 Å². The van der Waals surface area contributed by atoms with Gasteiger partial charge in [0.15, 0.2) is 23.3 Å². The lowest BCUT2D eigenvalue weighted by atomic mass is 9.83. The summed E-state index contributed by atoms with van der Waals surface area (Å²) in [5.74, 6) is 11.7. The number of benzene rings is 10. The number of aliphatic imine (C=N–C) groups is 4. The smallest absolute Gasteiger partial charge is 0.490 e. The van der Waals surface area contributed by atoms with Crippen LogP contribution in [-0.2, 0) is 28.5 Å². The van der Waals surface area contributed by atoms with Crippen molar-refractivity contribution in [1.29, 1.82) is 0 Å². The second kappa shape index (κ2) is 45.7. The van der Waals surface area contributed by atoms with Gasteiger partial charge >= 0.3 is 54.9 Å². The van der Waals surface area contributed by atoms with Gasteiger partial charge in [0.05, 0.1) is 0 Å². The van der Waals surface area contributed by atoms with Gasteiger partial charge in [0.2, 0.25) is 0 Å². The summed E-state index contributed by atoms with van der Waals surface area (Å²) >= 11 is 0. The molecule has 4 aliphatic heterocycles. The quantitative estimate of drug-likeness (QED) is 0.0469. The summed E-state index contributed by atoms with van der Waals surface area (Å²) in [5, 5.41) is 37.8. The molecule has 0 spiro atoms. The number of carbonyl (C=O) groups excluding carboxylic acids is 2. The monoisotopic (exact) mass is 1910 g/mol. The van der Waals surface area contributed by atoms with Crippen LogP contribution >= 0.6 is 0 Å². The molecule has 0 fully saturated rings. The van der Waals surface area contributed by atoms with Crippen molar-refractivity contribution in [2.75, 3.05) is 21.3 Å². The Bertz CT molecular complexity index is 6470. The fourth-order valence-electron chi connectivity index (χ4n) is 13.9. The Kier molecular flexibility index (Phi) is 34.1. The Hall–Kier alpha value is -15.5. The summed E-state index contributed by atoms with van der Waals surface area (Å²) in [6.45, 7) is 29.3. The van der Waals surface area contributed by atoms with Crippen LogP contribution in [0.5, 0.6) is 0 Å². The normalized spacial score (nSPS) is 13.1. The molecule has 18 rings (SSSR count). The predicted octanol–water partition coefficient (Wildman–Crippen LogP) is 23.5. The van der Waals surface area contributed by atoms with E-state index in [1.165, 1.54) is 101 Å². The van der Waals surface area contributed by atoms with Crippen molar-refractivity contribution in [3.05, 3.63) is 290 Å². The highest BCUT2D eigenvalue weighted by Gasteiger charge is 2.39. The molecule has 20 nitrogen and oxygen atoms in total. The number of halogens is 6. The lowest BCUT2D eigenvalue weighted by molar-refractivity contribution is -0.193. The number of alkyl halides is 6. The molecule has 0 atom stereocenters. The molecule has 4 aromatic heterocycles. The number of nitrogens with zero attached hydrogens (tertiary/aromatic N) is 8. The van der Waals surface area contributed by atoms with Crippen LogP contribution in [0.1, 0.15) is 36.1 Å². The first-order chi connectivity index (χ1) is 65.4. The maximum Gasteiger partial charge on any atom is 0.490 e. The lowest BCUT2D eigenvalue weighted by Gasteiger charge is -2.11. The number of anilines is 4. The van der Waals surface area contributed by atoms with Crippen LogP contribution in [0.25, 0.3) is 87.6 Å². The summed E-state index contributed by atoms with van der Waals surface area (Å²) in [6, 6.07) is 83.9. The number of amidine groups is 4. The summed E-state index contributed by atoms with van der Waals surface area (Å²) in [7, 11) is 7.44. The number of pyridine rings is 4. The second-order valence-electron chi connectivity index (χ2n) is 35.0. The fraction of sp³-hybridized carbons (Fsp3) is 0.154. The van der Waals surface area contributed by atoms with Crippen molar-refractivity contribution < 1.29 is 65.0 Å². The SMILES string of the molecule is C[Si](C)(C)C#C[B]C#C[Si](C)(C)C.C[Si](C)(C)C#C[B]C#C[Si](C)(C)C.O=C(O)C(F)(F)F.O=C(O)C(F)(F)F.[B]OC(C)=O.[B]OC(C)=O.c1ccc(N=C2Nc3ccc(-c4ccc(-c5ccc6c7c(cccc57)C(=Nc5ccccn5)N6)cc4)c4cccc2c34)nc1.c1ccc(N=C2Nc3ccc(-c4ccc(-c5ccc6c7c(cccc57)C(=Nc5ccccn5)N6)cc4)c4cccc2c34)nc1. The van der Waals surface area contributed by atoms with Gasteiger partial charge in [-0.05, 0) is 139 Å². The molecule has 4 aliphatic rings. The molecule has 0 amide bonds. The Balaban J connectivity index is 0.000000179. The highest BCUT2D eigenvalue weighted by atomic mass is 28.3. The van der Waals surface area contributed by atoms with Gasteiger partial charge in [0, 0.05) is 105 Å². The van der Waals surface area contributed by atoms with E-state index in [9.17, 15) is 35.9 Å². The van der Waals surface area contributed by atoms with Gasteiger partial charge in [0.25, 0.3) is 11.9 Å². The van der Waals surface area contributed by atoms with Crippen molar-refractivity contribution in [1.82, 2.24) is 19.9 Å². The largest absolute Gasteiger partial charge is 0.544 e. The second-order valence-corrected chi connectivity index (χ2v) is 54.0. The maximum atomic E-state index is 10.6. The van der Waals surface area contributed by atoms with E-state index in [0.29, 0.717) is 23.3 Å². The summed E-state index contributed by atoms with van der Waals surface area (Å²) in [6.07, 6.45) is -3.11. The van der Waals surface area contributed by atoms with Crippen LogP contribution in [0.2, 0.25) is 78.6 Å². The molecule has 6 radical (unpaired) electrons. The zero-order valence-corrected chi connectivity index (χ0v) is 81.9. The van der Waals surface area contributed by atoms with E-state index in [0.717, 1.165) is 68.3 Å². The first-order valence-electron chi connectivity index (χ1n) is 43.1. The highest BCUT2D eigenvalue weighted by Crippen LogP contribution is 2.46. The van der Waals surface area contributed by atoms with Crippen molar-refractivity contribution in [3.63, 3.8) is 0 Å². The number of carbonyl (C=O) groups is 4. The Labute approximate surface area is 804 Å². The van der Waals surface area contributed by atoms with E-state index >= 15 is 0 Å². The summed E-state index contributed by atoms with van der Waals surface area (Å²) in [4.78, 5) is 73.4. The molecule has 138 heavy (non-hydrogen) atoms. The van der Waals surface area contributed by atoms with Crippen molar-refractivity contribution in [3.8, 4) is 90.0 Å². The average Bonchev–Trinajstić information content (AvgIpc) is 1.56. The first-order valence-corrected chi connectivity index (χ1v) is 57.1. The van der Waals surface area contributed by atoms with Crippen LogP contribution in [0.4, 0.5) is 72.4 Å². The van der Waals surface area contributed by atoms with Crippen LogP contribution in [0.3, 0.4) is 0 Å². The molecule has 6 N–H and O–H groups in total. The van der Waals surface area contributed by atoms with Gasteiger partial charge in [-0.15, -0.1) is 22.2 Å². The number of aromatic nitrogens is 4. The molecule has 8 heterocycles. The summed E-state index contributed by atoms with van der Waals surface area (Å²) < 4.78 is 70.7. The third-order valence-corrected chi connectivity index (χ3v) is 23.2. The number of carboxylic acid groups (broad SMARTS) is 2. The van der Waals surface area contributed by atoms with Crippen molar-refractivity contribution >= 4 is 199 Å². The molecule has 0 bridgehead atoms. The van der Waals surface area contributed by atoms with Crippen molar-refractivity contribution in [2.45, 2.75) is 105 Å². The van der Waals surface area contributed by atoms with E-state index in [1.54, 1.807) is 39.3 Å². The zero-order chi connectivity index (χ0) is 99.9. The minimum atomic E-state index is -5.08. The molecular formula is C104H92B4F6N12O8Si4. The Morgan fingerprint density at radius 1 is 0.312 bits per heavy atom. The third-order valence-electron chi connectivity index (χ3n) is 19.6. The molecule has 14 aromatic rings. The van der Waals surface area contributed by atoms with Crippen molar-refractivity contribution in [2.24, 2.45) is 20.0 Å². The minimum absolute atomic E-state index is 0.468. The average molecular weight is 1910 g/mol. The molecule has 0 unspecified atom stereocenters. The highest BCUT2D eigenvalue weighted by molar-refractivity contribution is 6.87. The third kappa shape index (κ3) is 28.8. The van der Waals surface area contributed by atoms with Crippen LogP contribution in [0.15, 0.2) is 287 Å². The van der Waals surface area contributed by atoms with E-state index in [-0.39, 0.29) is 0 Å². The zero-order valence-electron chi connectivity index (χ0n) is 77.9. The topological polar surface area (TPSA) is 276 Å². The number of nitrogens with one attached hydrogen (secondary N) is 4. The van der Waals surface area contributed by atoms with E-state index in [4.69, 9.17) is 39.8 Å². The van der Waals surface area contributed by atoms with Gasteiger partial charge in [0.1, 0.15) is 55.6 Å². The standard InChI is InChI=1S/2C38H24N6.2C10H18BSi2.2C2H3BO2.2C2HF3O2/c2*1-3-21-39-33(11-1)43-37-29-9-5-7-27-25(17-19-31(41-37)35(27)29)23-13-15-24(16-14-23)26-18-20-32-36-28(26)8-6-10-30(36)38(42-32)44-34-12-2-4-22-40-34;2*1-12(2,3)9-7-11-8-10-13(4,5)6;2*1-2(4)5-3;2*3-2(4,5)1(6)7/h2*1-22H,(H,39,41,43)(H,40,42,44);2*1-6H3;2*1H3;2*(H,6,7). The van der Waals surface area contributed by atoms with E-state index < -0.39 is 68.5 Å². The van der Waals surface area contributed by atoms with E-state index in [1.807, 2.05) is 72.8 Å². The number of hydrogen-bond donors (Lipinski definition) is 6. The minimum Gasteiger partial charge on any atom is -0.544 e. The van der Waals surface area contributed by atoms with Gasteiger partial charge < -0.3 is 40.8 Å². The number of aliphatic carboxylic acids is 2. The van der Waals surface area contributed by atoms with Gasteiger partial charge in [-0.3, -0.25) is 9.59 Å². The van der Waals surface area contributed by atoms with Gasteiger partial charge in [-0.2, -0.15) is 49.6 Å². The number of carboxylic acids is 2.